The molecule has 0 atom stereocenters. The first-order valence-corrected chi connectivity index (χ1v) is 10.8. The average molecular weight is 484 g/mol. The fraction of sp³-hybridized carbons (Fsp3) is 0.200. The molecule has 7 nitrogen and oxygen atoms in total. The van der Waals surface area contributed by atoms with Gasteiger partial charge in [-0.25, -0.2) is 0 Å². The van der Waals surface area contributed by atoms with Crippen LogP contribution >= 0.6 is 0 Å². The molecule has 0 amide bonds. The summed E-state index contributed by atoms with van der Waals surface area (Å²) in [7, 11) is 1.78. The van der Waals surface area contributed by atoms with Crippen LogP contribution in [0.4, 0.5) is 18.9 Å². The van der Waals surface area contributed by atoms with Crippen LogP contribution in [0.15, 0.2) is 78.0 Å². The molecule has 0 saturated heterocycles. The summed E-state index contributed by atoms with van der Waals surface area (Å²) in [4.78, 5) is 12.9. The van der Waals surface area contributed by atoms with Crippen molar-refractivity contribution in [3.63, 3.8) is 0 Å². The Kier molecular flexibility index (Phi) is 6.81. The van der Waals surface area contributed by atoms with Crippen molar-refractivity contribution in [1.29, 1.82) is 0 Å². The number of benzene rings is 2. The largest absolute Gasteiger partial charge is 0.573 e. The molecule has 0 spiro atoms. The van der Waals surface area contributed by atoms with Crippen molar-refractivity contribution >= 4 is 5.69 Å². The molecule has 0 aliphatic heterocycles. The standard InChI is InChI=1S/C25H23F3N4O3/c1-3-34-20-8-4-17(5-9-20)13-29-23-12-24(33)32(16-22(23)18-14-30-31(2)15-18)19-6-10-21(11-7-19)35-25(26,27)28/h4-12,14-16,29H,3,13H2,1-2H3. The van der Waals surface area contributed by atoms with Gasteiger partial charge in [0.15, 0.2) is 0 Å². The second-order valence-corrected chi connectivity index (χ2v) is 7.68. The van der Waals surface area contributed by atoms with Gasteiger partial charge in [0, 0.05) is 54.6 Å². The van der Waals surface area contributed by atoms with E-state index in [2.05, 4.69) is 15.2 Å². The summed E-state index contributed by atoms with van der Waals surface area (Å²) in [5, 5.41) is 7.52. The lowest BCUT2D eigenvalue weighted by molar-refractivity contribution is -0.274. The lowest BCUT2D eigenvalue weighted by Crippen LogP contribution is -2.19. The molecule has 2 heterocycles. The zero-order chi connectivity index (χ0) is 25.0. The normalized spacial score (nSPS) is 11.3. The monoisotopic (exact) mass is 484 g/mol. The van der Waals surface area contributed by atoms with E-state index in [-0.39, 0.29) is 11.3 Å². The molecule has 2 aromatic carbocycles. The molecule has 0 radical (unpaired) electrons. The van der Waals surface area contributed by atoms with Crippen LogP contribution in [0.3, 0.4) is 0 Å². The fourth-order valence-corrected chi connectivity index (χ4v) is 3.55. The first kappa shape index (κ1) is 23.9. The van der Waals surface area contributed by atoms with Crippen molar-refractivity contribution in [2.45, 2.75) is 19.8 Å². The maximum atomic E-state index is 12.9. The van der Waals surface area contributed by atoms with Crippen LogP contribution in [0.2, 0.25) is 0 Å². The van der Waals surface area contributed by atoms with Crippen molar-refractivity contribution in [2.75, 3.05) is 11.9 Å². The Hall–Kier alpha value is -4.21. The minimum Gasteiger partial charge on any atom is -0.494 e. The van der Waals surface area contributed by atoms with E-state index in [1.165, 1.54) is 22.8 Å². The number of alkyl halides is 3. The van der Waals surface area contributed by atoms with Crippen LogP contribution in [-0.2, 0) is 13.6 Å². The highest BCUT2D eigenvalue weighted by molar-refractivity contribution is 5.76. The third kappa shape index (κ3) is 6.03. The first-order valence-electron chi connectivity index (χ1n) is 10.8. The molecule has 0 unspecified atom stereocenters. The third-order valence-electron chi connectivity index (χ3n) is 5.14. The predicted molar refractivity (Wildman–Crippen MR) is 126 cm³/mol. The van der Waals surface area contributed by atoms with E-state index in [0.29, 0.717) is 30.1 Å². The fourth-order valence-electron chi connectivity index (χ4n) is 3.55. The average Bonchev–Trinajstić information content (AvgIpc) is 3.24. The van der Waals surface area contributed by atoms with Crippen LogP contribution in [0.25, 0.3) is 16.8 Å². The quantitative estimate of drug-likeness (QED) is 0.375. The number of pyridine rings is 1. The van der Waals surface area contributed by atoms with Gasteiger partial charge in [-0.3, -0.25) is 14.0 Å². The van der Waals surface area contributed by atoms with Crippen molar-refractivity contribution in [1.82, 2.24) is 14.3 Å². The number of rotatable bonds is 8. The molecule has 0 saturated carbocycles. The number of aromatic nitrogens is 3. The van der Waals surface area contributed by atoms with Gasteiger partial charge in [-0.15, -0.1) is 13.2 Å². The van der Waals surface area contributed by atoms with Crippen LogP contribution in [0, 0.1) is 0 Å². The van der Waals surface area contributed by atoms with Gasteiger partial charge in [-0.05, 0) is 48.9 Å². The zero-order valence-electron chi connectivity index (χ0n) is 19.0. The number of halogens is 3. The van der Waals surface area contributed by atoms with Gasteiger partial charge in [0.05, 0.1) is 12.8 Å². The lowest BCUT2D eigenvalue weighted by Gasteiger charge is -2.15. The van der Waals surface area contributed by atoms with Crippen molar-refractivity contribution < 1.29 is 22.6 Å². The SMILES string of the molecule is CCOc1ccc(CNc2cc(=O)n(-c3ccc(OC(F)(F)F)cc3)cc2-c2cnn(C)c2)cc1. The topological polar surface area (TPSA) is 70.3 Å². The minimum absolute atomic E-state index is 0.351. The van der Waals surface area contributed by atoms with Gasteiger partial charge in [-0.1, -0.05) is 12.1 Å². The summed E-state index contributed by atoms with van der Waals surface area (Å²) >= 11 is 0. The lowest BCUT2D eigenvalue weighted by atomic mass is 10.1. The molecular weight excluding hydrogens is 461 g/mol. The molecule has 0 fully saturated rings. The predicted octanol–water partition coefficient (Wildman–Crippen LogP) is 5.15. The second kappa shape index (κ2) is 9.96. The van der Waals surface area contributed by atoms with Crippen molar-refractivity contribution in [3.8, 4) is 28.3 Å². The van der Waals surface area contributed by atoms with Crippen LogP contribution < -0.4 is 20.3 Å². The Morgan fingerprint density at radius 1 is 1.00 bits per heavy atom. The maximum absolute atomic E-state index is 12.9. The maximum Gasteiger partial charge on any atom is 0.573 e. The smallest absolute Gasteiger partial charge is 0.494 e. The van der Waals surface area contributed by atoms with Crippen LogP contribution in [0.5, 0.6) is 11.5 Å². The minimum atomic E-state index is -4.79. The molecular formula is C25H23F3N4O3. The number of hydrogen-bond donors (Lipinski definition) is 1. The number of nitrogens with one attached hydrogen (secondary N) is 1. The third-order valence-corrected chi connectivity index (χ3v) is 5.14. The van der Waals surface area contributed by atoms with E-state index in [9.17, 15) is 18.0 Å². The second-order valence-electron chi connectivity index (χ2n) is 7.68. The molecule has 0 aliphatic carbocycles. The Morgan fingerprint density at radius 2 is 1.69 bits per heavy atom. The van der Waals surface area contributed by atoms with E-state index < -0.39 is 6.36 Å². The highest BCUT2D eigenvalue weighted by Crippen LogP contribution is 2.29. The molecule has 0 bridgehead atoms. The Bertz CT molecular complexity index is 1340. The molecule has 2 aromatic heterocycles. The van der Waals surface area contributed by atoms with E-state index in [1.54, 1.807) is 24.1 Å². The van der Waals surface area contributed by atoms with E-state index >= 15 is 0 Å². The Morgan fingerprint density at radius 3 is 2.29 bits per heavy atom. The Balaban J connectivity index is 1.65. The molecule has 35 heavy (non-hydrogen) atoms. The summed E-state index contributed by atoms with van der Waals surface area (Å²) in [5.74, 6) is 0.414. The number of anilines is 1. The van der Waals surface area contributed by atoms with Crippen LogP contribution in [-0.4, -0.2) is 27.3 Å². The van der Waals surface area contributed by atoms with E-state index in [1.807, 2.05) is 37.4 Å². The number of ether oxygens (including phenoxy) is 2. The summed E-state index contributed by atoms with van der Waals surface area (Å²) < 4.78 is 49.8. The van der Waals surface area contributed by atoms with Gasteiger partial charge in [0.1, 0.15) is 11.5 Å². The van der Waals surface area contributed by atoms with Gasteiger partial charge in [-0.2, -0.15) is 5.10 Å². The van der Waals surface area contributed by atoms with Gasteiger partial charge >= 0.3 is 6.36 Å². The van der Waals surface area contributed by atoms with Gasteiger partial charge in [0.2, 0.25) is 0 Å². The highest BCUT2D eigenvalue weighted by atomic mass is 19.4. The number of nitrogens with zero attached hydrogens (tertiary/aromatic N) is 3. The summed E-state index contributed by atoms with van der Waals surface area (Å²) in [5.41, 5.74) is 3.12. The first-order chi connectivity index (χ1) is 16.7. The summed E-state index contributed by atoms with van der Waals surface area (Å²) in [6, 6.07) is 14.2. The molecule has 0 aliphatic rings. The summed E-state index contributed by atoms with van der Waals surface area (Å²) in [6.07, 6.45) is 0.334. The highest BCUT2D eigenvalue weighted by Gasteiger charge is 2.31. The Labute approximate surface area is 199 Å². The summed E-state index contributed by atoms with van der Waals surface area (Å²) in [6.45, 7) is 2.97. The van der Waals surface area contributed by atoms with E-state index in [0.717, 1.165) is 29.0 Å². The van der Waals surface area contributed by atoms with E-state index in [4.69, 9.17) is 4.74 Å². The van der Waals surface area contributed by atoms with Crippen LogP contribution in [0.1, 0.15) is 12.5 Å². The van der Waals surface area contributed by atoms with Crippen molar-refractivity contribution in [3.05, 3.63) is 89.1 Å². The molecule has 1 N–H and O–H groups in total. The molecule has 182 valence electrons. The van der Waals surface area contributed by atoms with Crippen molar-refractivity contribution in [2.24, 2.45) is 7.05 Å². The molecule has 4 aromatic rings. The van der Waals surface area contributed by atoms with Gasteiger partial charge in [0.25, 0.3) is 5.56 Å². The molecule has 4 rings (SSSR count). The number of hydrogen-bond acceptors (Lipinski definition) is 5. The molecule has 10 heteroatoms. The number of aryl methyl sites for hydroxylation is 1. The zero-order valence-corrected chi connectivity index (χ0v) is 19.0. The van der Waals surface area contributed by atoms with Gasteiger partial charge < -0.3 is 14.8 Å².